The predicted octanol–water partition coefficient (Wildman–Crippen LogP) is 3.83. The van der Waals surface area contributed by atoms with Gasteiger partial charge in [0.2, 0.25) is 0 Å². The van der Waals surface area contributed by atoms with Crippen molar-refractivity contribution in [2.75, 3.05) is 19.5 Å². The minimum absolute atomic E-state index is 0.0180. The van der Waals surface area contributed by atoms with Gasteiger partial charge >= 0.3 is 5.97 Å². The van der Waals surface area contributed by atoms with Crippen molar-refractivity contribution in [2.45, 2.75) is 34.7 Å². The largest absolute Gasteiger partial charge is 0.497 e. The van der Waals surface area contributed by atoms with Crippen LogP contribution in [0, 0.1) is 6.92 Å². The zero-order valence-corrected chi connectivity index (χ0v) is 23.2. The molecule has 0 radical (unpaired) electrons. The number of fused-ring (bicyclic) bond motifs is 1. The maximum atomic E-state index is 13.3. The molecule has 0 aliphatic rings. The van der Waals surface area contributed by atoms with Gasteiger partial charge in [-0.3, -0.25) is 4.79 Å². The van der Waals surface area contributed by atoms with Crippen molar-refractivity contribution < 1.29 is 31.1 Å². The Morgan fingerprint density at radius 1 is 0.947 bits per heavy atom. The second-order valence-corrected chi connectivity index (χ2v) is 12.8. The van der Waals surface area contributed by atoms with Crippen molar-refractivity contribution in [3.63, 3.8) is 0 Å². The Hall–Kier alpha value is -3.35. The highest BCUT2D eigenvalue weighted by atomic mass is 32.2. The van der Waals surface area contributed by atoms with E-state index < -0.39 is 25.8 Å². The summed E-state index contributed by atoms with van der Waals surface area (Å²) in [5, 5.41) is 0.0180. The molecule has 1 aromatic heterocycles. The molecule has 0 saturated carbocycles. The summed E-state index contributed by atoms with van der Waals surface area (Å²) in [7, 11) is -6.02. The smallest absolute Gasteiger partial charge is 0.306 e. The molecule has 0 amide bonds. The number of aryl methyl sites for hydroxylation is 2. The number of methoxy groups -OCH3 is 1. The fraction of sp³-hybridized carbons (Fsp3) is 0.231. The average Bonchev–Trinajstić information content (AvgIpc) is 3.23. The summed E-state index contributed by atoms with van der Waals surface area (Å²) < 4.78 is 62.7. The quantitative estimate of drug-likeness (QED) is 0.224. The van der Waals surface area contributed by atoms with Crippen molar-refractivity contribution >= 4 is 49.5 Å². The van der Waals surface area contributed by atoms with E-state index in [2.05, 4.69) is 17.6 Å². The van der Waals surface area contributed by atoms with Gasteiger partial charge in [-0.15, -0.1) is 12.6 Å². The van der Waals surface area contributed by atoms with Gasteiger partial charge in [0, 0.05) is 12.5 Å². The molecule has 200 valence electrons. The average molecular weight is 575 g/mol. The SMILES string of the molecule is COc1ccc2c(c1)nc(S)n2S(=O)(=O)c1ccc(CCC(=O)OCCS(=O)(=O)c2ccc(C)cc2)cc1. The van der Waals surface area contributed by atoms with Gasteiger partial charge in [-0.1, -0.05) is 29.8 Å². The molecule has 0 aliphatic heterocycles. The van der Waals surface area contributed by atoms with Crippen LogP contribution in [0.15, 0.2) is 81.7 Å². The summed E-state index contributed by atoms with van der Waals surface area (Å²) in [4.78, 5) is 16.6. The number of carbonyl (C=O) groups is 1. The predicted molar refractivity (Wildman–Crippen MR) is 145 cm³/mol. The second kappa shape index (κ2) is 11.2. The molecule has 3 aromatic carbocycles. The third-order valence-corrected chi connectivity index (χ3v) is 9.73. The Balaban J connectivity index is 1.35. The minimum atomic E-state index is -3.98. The molecular formula is C26H26N2O7S3. The van der Waals surface area contributed by atoms with Gasteiger partial charge in [-0.05, 0) is 55.3 Å². The van der Waals surface area contributed by atoms with Crippen LogP contribution in [0.3, 0.4) is 0 Å². The Morgan fingerprint density at radius 2 is 1.61 bits per heavy atom. The van der Waals surface area contributed by atoms with E-state index in [-0.39, 0.29) is 33.7 Å². The molecule has 9 nitrogen and oxygen atoms in total. The molecule has 0 spiro atoms. The molecule has 38 heavy (non-hydrogen) atoms. The molecule has 4 aromatic rings. The number of ether oxygens (including phenoxy) is 2. The number of hydrogen-bond acceptors (Lipinski definition) is 9. The zero-order valence-electron chi connectivity index (χ0n) is 20.7. The summed E-state index contributed by atoms with van der Waals surface area (Å²) in [5.74, 6) is -0.304. The van der Waals surface area contributed by atoms with E-state index in [0.717, 1.165) is 15.1 Å². The highest BCUT2D eigenvalue weighted by Gasteiger charge is 2.23. The molecule has 12 heteroatoms. The number of aromatic nitrogens is 2. The lowest BCUT2D eigenvalue weighted by Crippen LogP contribution is -2.16. The van der Waals surface area contributed by atoms with Gasteiger partial charge in [0.25, 0.3) is 10.0 Å². The van der Waals surface area contributed by atoms with Crippen LogP contribution in [0.1, 0.15) is 17.5 Å². The van der Waals surface area contributed by atoms with Gasteiger partial charge in [-0.25, -0.2) is 25.8 Å². The molecule has 0 fully saturated rings. The Morgan fingerprint density at radius 3 is 2.26 bits per heavy atom. The van der Waals surface area contributed by atoms with Crippen LogP contribution in [0.2, 0.25) is 0 Å². The van der Waals surface area contributed by atoms with E-state index in [4.69, 9.17) is 9.47 Å². The van der Waals surface area contributed by atoms with E-state index in [9.17, 15) is 21.6 Å². The summed E-state index contributed by atoms with van der Waals surface area (Å²) in [5.41, 5.74) is 2.47. The first-order valence-electron chi connectivity index (χ1n) is 11.6. The normalized spacial score (nSPS) is 12.0. The van der Waals surface area contributed by atoms with Crippen LogP contribution < -0.4 is 4.74 Å². The number of esters is 1. The maximum Gasteiger partial charge on any atom is 0.306 e. The molecular weight excluding hydrogens is 548 g/mol. The highest BCUT2D eigenvalue weighted by molar-refractivity contribution is 7.91. The number of thiol groups is 1. The molecule has 0 bridgehead atoms. The molecule has 0 atom stereocenters. The first-order valence-corrected chi connectivity index (χ1v) is 15.1. The monoisotopic (exact) mass is 574 g/mol. The number of hydrogen-bond donors (Lipinski definition) is 1. The van der Waals surface area contributed by atoms with Crippen LogP contribution in [0.25, 0.3) is 11.0 Å². The zero-order chi connectivity index (χ0) is 27.5. The number of sulfone groups is 1. The fourth-order valence-corrected chi connectivity index (χ4v) is 6.76. The molecule has 0 aliphatic carbocycles. The van der Waals surface area contributed by atoms with Gasteiger partial charge < -0.3 is 9.47 Å². The van der Waals surface area contributed by atoms with E-state index in [1.165, 1.54) is 31.4 Å². The molecule has 1 heterocycles. The summed E-state index contributed by atoms with van der Waals surface area (Å²) in [6, 6.07) is 17.5. The van der Waals surface area contributed by atoms with Gasteiger partial charge in [0.1, 0.15) is 12.4 Å². The third kappa shape index (κ3) is 6.03. The standard InChI is InChI=1S/C26H26N2O7S3/c1-18-3-9-21(10-4-18)37(30,31)16-15-35-25(29)14-7-19-5-11-22(12-6-19)38(32,33)28-24-13-8-20(34-2)17-23(24)27-26(28)36/h3-6,8-13,17H,7,14-16H2,1-2H3,(H,27,36). The van der Waals surface area contributed by atoms with Gasteiger partial charge in [-0.2, -0.15) is 0 Å². The summed E-state index contributed by atoms with van der Waals surface area (Å²) in [6.07, 6.45) is 0.320. The molecule has 0 saturated heterocycles. The summed E-state index contributed by atoms with van der Waals surface area (Å²) in [6.45, 7) is 1.62. The lowest BCUT2D eigenvalue weighted by Gasteiger charge is -2.10. The molecule has 4 rings (SSSR count). The van der Waals surface area contributed by atoms with E-state index >= 15 is 0 Å². The Kier molecular flexibility index (Phi) is 8.14. The van der Waals surface area contributed by atoms with E-state index in [1.807, 2.05) is 6.92 Å². The van der Waals surface area contributed by atoms with Crippen molar-refractivity contribution in [1.82, 2.24) is 8.96 Å². The molecule has 0 unspecified atom stereocenters. The van der Waals surface area contributed by atoms with Crippen molar-refractivity contribution in [3.8, 4) is 5.75 Å². The number of rotatable bonds is 10. The second-order valence-electron chi connectivity index (χ2n) is 8.53. The van der Waals surface area contributed by atoms with E-state index in [1.54, 1.807) is 42.5 Å². The van der Waals surface area contributed by atoms with E-state index in [0.29, 0.717) is 23.2 Å². The Bertz CT molecular complexity index is 1680. The van der Waals surface area contributed by atoms with Crippen LogP contribution in [0.4, 0.5) is 0 Å². The van der Waals surface area contributed by atoms with Gasteiger partial charge in [0.05, 0.1) is 33.7 Å². The third-order valence-electron chi connectivity index (χ3n) is 5.88. The van der Waals surface area contributed by atoms with Crippen LogP contribution in [-0.4, -0.2) is 51.2 Å². The van der Waals surface area contributed by atoms with Crippen LogP contribution >= 0.6 is 12.6 Å². The fourth-order valence-electron chi connectivity index (χ4n) is 3.77. The number of carbonyl (C=O) groups excluding carboxylic acids is 1. The van der Waals surface area contributed by atoms with Crippen LogP contribution in [-0.2, 0) is 35.8 Å². The lowest BCUT2D eigenvalue weighted by atomic mass is 10.1. The first kappa shape index (κ1) is 27.7. The minimum Gasteiger partial charge on any atom is -0.497 e. The van der Waals surface area contributed by atoms with Crippen molar-refractivity contribution in [1.29, 1.82) is 0 Å². The van der Waals surface area contributed by atoms with Crippen molar-refractivity contribution in [3.05, 3.63) is 77.9 Å². The maximum absolute atomic E-state index is 13.3. The highest BCUT2D eigenvalue weighted by Crippen LogP contribution is 2.28. The topological polar surface area (TPSA) is 122 Å². The lowest BCUT2D eigenvalue weighted by molar-refractivity contribution is -0.142. The first-order chi connectivity index (χ1) is 18.0. The van der Waals surface area contributed by atoms with Gasteiger partial charge in [0.15, 0.2) is 15.0 Å². The number of nitrogens with zero attached hydrogens (tertiary/aromatic N) is 2. The molecule has 0 N–H and O–H groups in total. The number of imidazole rings is 1. The summed E-state index contributed by atoms with van der Waals surface area (Å²) >= 11 is 4.25. The van der Waals surface area contributed by atoms with Crippen LogP contribution in [0.5, 0.6) is 5.75 Å². The van der Waals surface area contributed by atoms with Crippen molar-refractivity contribution in [2.24, 2.45) is 0 Å². The number of benzene rings is 3. The Labute approximate surface area is 226 Å².